The number of hydrogen-bond acceptors (Lipinski definition) is 5. The van der Waals surface area contributed by atoms with E-state index < -0.39 is 11.7 Å². The third-order valence-electron chi connectivity index (χ3n) is 3.65. The van der Waals surface area contributed by atoms with Gasteiger partial charge in [0.15, 0.2) is 0 Å². The smallest absolute Gasteiger partial charge is 0.372 e. The summed E-state index contributed by atoms with van der Waals surface area (Å²) in [5.41, 5.74) is 1.41. The number of nitrogens with one attached hydrogen (secondary N) is 2. The Labute approximate surface area is 147 Å². The lowest BCUT2D eigenvalue weighted by Crippen LogP contribution is -2.12. The molecule has 0 aromatic carbocycles. The zero-order chi connectivity index (χ0) is 18.9. The topological polar surface area (TPSA) is 67.7 Å². The Bertz CT molecular complexity index is 961. The van der Waals surface area contributed by atoms with E-state index in [1.54, 1.807) is 12.3 Å². The zero-order valence-electron chi connectivity index (χ0n) is 14.2. The molecule has 3 rings (SSSR count). The molecule has 3 aromatic rings. The minimum Gasteiger partial charge on any atom is -0.372 e. The van der Waals surface area contributed by atoms with Crippen molar-refractivity contribution >= 4 is 28.5 Å². The van der Waals surface area contributed by atoms with Crippen molar-refractivity contribution in [2.45, 2.75) is 19.6 Å². The van der Waals surface area contributed by atoms with Crippen molar-refractivity contribution in [3.05, 3.63) is 48.4 Å². The van der Waals surface area contributed by atoms with Gasteiger partial charge in [-0.1, -0.05) is 12.2 Å². The standard InChI is InChI=1S/C17H17F3N6/c1-10(2)8-26-9-13(11-5-4-6-22-15(11)26)24-16-23-7-12(17(18,19)20)14(21-3)25-16/h4-7,9H,1,8H2,2-3H3,(H2,21,23,24,25). The molecule has 3 heterocycles. The minimum atomic E-state index is -4.53. The van der Waals surface area contributed by atoms with Gasteiger partial charge >= 0.3 is 6.18 Å². The van der Waals surface area contributed by atoms with E-state index in [9.17, 15) is 13.2 Å². The fourth-order valence-corrected chi connectivity index (χ4v) is 2.59. The van der Waals surface area contributed by atoms with Gasteiger partial charge in [0.2, 0.25) is 5.95 Å². The highest BCUT2D eigenvalue weighted by Gasteiger charge is 2.35. The van der Waals surface area contributed by atoms with E-state index in [1.807, 2.05) is 23.8 Å². The number of anilines is 3. The minimum absolute atomic E-state index is 0.0561. The molecule has 0 saturated heterocycles. The first-order chi connectivity index (χ1) is 12.3. The normalized spacial score (nSPS) is 11.6. The molecule has 0 radical (unpaired) electrons. The molecule has 0 spiro atoms. The Kier molecular flexibility index (Phi) is 4.54. The van der Waals surface area contributed by atoms with Gasteiger partial charge in [0.05, 0.1) is 5.69 Å². The molecule has 0 fully saturated rings. The van der Waals surface area contributed by atoms with Crippen molar-refractivity contribution in [3.8, 4) is 0 Å². The third kappa shape index (κ3) is 3.46. The number of aromatic nitrogens is 4. The van der Waals surface area contributed by atoms with Gasteiger partial charge in [-0.25, -0.2) is 9.97 Å². The summed E-state index contributed by atoms with van der Waals surface area (Å²) in [6.45, 7) is 6.37. The number of alkyl halides is 3. The molecule has 0 aliphatic rings. The number of allylic oxidation sites excluding steroid dienone is 1. The summed E-state index contributed by atoms with van der Waals surface area (Å²) in [6, 6.07) is 3.65. The fraction of sp³-hybridized carbons (Fsp3) is 0.235. The molecule has 136 valence electrons. The van der Waals surface area contributed by atoms with Crippen LogP contribution in [0.2, 0.25) is 0 Å². The number of hydrogen-bond donors (Lipinski definition) is 2. The van der Waals surface area contributed by atoms with Crippen molar-refractivity contribution in [1.29, 1.82) is 0 Å². The molecule has 0 atom stereocenters. The maximum atomic E-state index is 13.0. The SMILES string of the molecule is C=C(C)Cn1cc(Nc2ncc(C(F)(F)F)c(NC)n2)c2cccnc21. The van der Waals surface area contributed by atoms with E-state index in [-0.39, 0.29) is 11.8 Å². The monoisotopic (exact) mass is 362 g/mol. The van der Waals surface area contributed by atoms with Crippen LogP contribution in [-0.4, -0.2) is 26.6 Å². The molecule has 0 aliphatic heterocycles. The summed E-state index contributed by atoms with van der Waals surface area (Å²) in [5, 5.41) is 6.24. The van der Waals surface area contributed by atoms with Gasteiger partial charge in [0.25, 0.3) is 0 Å². The average Bonchev–Trinajstić information content (AvgIpc) is 2.91. The van der Waals surface area contributed by atoms with E-state index in [2.05, 4.69) is 32.2 Å². The maximum absolute atomic E-state index is 13.0. The quantitative estimate of drug-likeness (QED) is 0.666. The van der Waals surface area contributed by atoms with Crippen molar-refractivity contribution in [2.75, 3.05) is 17.7 Å². The number of pyridine rings is 1. The summed E-state index contributed by atoms with van der Waals surface area (Å²) in [6.07, 6.45) is -0.286. The molecule has 0 unspecified atom stereocenters. The first-order valence-electron chi connectivity index (χ1n) is 7.77. The maximum Gasteiger partial charge on any atom is 0.421 e. The van der Waals surface area contributed by atoms with E-state index in [1.165, 1.54) is 7.05 Å². The third-order valence-corrected chi connectivity index (χ3v) is 3.65. The molecule has 3 aromatic heterocycles. The van der Waals surface area contributed by atoms with Crippen molar-refractivity contribution < 1.29 is 13.2 Å². The second-order valence-electron chi connectivity index (χ2n) is 5.83. The van der Waals surface area contributed by atoms with Crippen LogP contribution < -0.4 is 10.6 Å². The van der Waals surface area contributed by atoms with Crippen LogP contribution in [-0.2, 0) is 12.7 Å². The van der Waals surface area contributed by atoms with Gasteiger partial charge in [-0.3, -0.25) is 0 Å². The molecule has 26 heavy (non-hydrogen) atoms. The predicted octanol–water partition coefficient (Wildman–Crippen LogP) is 4.21. The number of nitrogens with zero attached hydrogens (tertiary/aromatic N) is 4. The van der Waals surface area contributed by atoms with Crippen molar-refractivity contribution in [3.63, 3.8) is 0 Å². The summed E-state index contributed by atoms with van der Waals surface area (Å²) in [4.78, 5) is 12.1. The van der Waals surface area contributed by atoms with Crippen LogP contribution >= 0.6 is 0 Å². The first kappa shape index (κ1) is 17.7. The van der Waals surface area contributed by atoms with Crippen molar-refractivity contribution in [2.24, 2.45) is 0 Å². The molecule has 6 nitrogen and oxygen atoms in total. The average molecular weight is 362 g/mol. The summed E-state index contributed by atoms with van der Waals surface area (Å²) in [7, 11) is 1.38. The predicted molar refractivity (Wildman–Crippen MR) is 94.4 cm³/mol. The van der Waals surface area contributed by atoms with E-state index in [0.717, 1.165) is 22.8 Å². The van der Waals surface area contributed by atoms with Crippen LogP contribution in [0.5, 0.6) is 0 Å². The number of rotatable bonds is 5. The number of halogens is 3. The molecule has 0 amide bonds. The van der Waals surface area contributed by atoms with Crippen LogP contribution in [0.1, 0.15) is 12.5 Å². The van der Waals surface area contributed by atoms with Crippen LogP contribution in [0.25, 0.3) is 11.0 Å². The highest BCUT2D eigenvalue weighted by Crippen LogP contribution is 2.34. The van der Waals surface area contributed by atoms with Crippen LogP contribution in [0, 0.1) is 0 Å². The Morgan fingerprint density at radius 3 is 2.73 bits per heavy atom. The zero-order valence-corrected chi connectivity index (χ0v) is 14.2. The van der Waals surface area contributed by atoms with E-state index in [4.69, 9.17) is 0 Å². The molecule has 0 bridgehead atoms. The summed E-state index contributed by atoms with van der Waals surface area (Å²) >= 11 is 0. The van der Waals surface area contributed by atoms with Gasteiger partial charge in [-0.15, -0.1) is 0 Å². The molecular formula is C17H17F3N6. The Morgan fingerprint density at radius 1 is 1.31 bits per heavy atom. The van der Waals surface area contributed by atoms with Gasteiger partial charge in [-0.05, 0) is 19.1 Å². The highest BCUT2D eigenvalue weighted by molar-refractivity contribution is 5.92. The first-order valence-corrected chi connectivity index (χ1v) is 7.77. The summed E-state index contributed by atoms with van der Waals surface area (Å²) in [5.74, 6) is -0.237. The van der Waals surface area contributed by atoms with Gasteiger partial charge in [0.1, 0.15) is 17.0 Å². The summed E-state index contributed by atoms with van der Waals surface area (Å²) < 4.78 is 40.8. The Morgan fingerprint density at radius 2 is 2.08 bits per heavy atom. The van der Waals surface area contributed by atoms with E-state index in [0.29, 0.717) is 12.2 Å². The van der Waals surface area contributed by atoms with Gasteiger partial charge in [0, 0.05) is 37.6 Å². The molecule has 9 heteroatoms. The van der Waals surface area contributed by atoms with Gasteiger partial charge in [-0.2, -0.15) is 18.2 Å². The lowest BCUT2D eigenvalue weighted by atomic mass is 10.3. The lowest BCUT2D eigenvalue weighted by Gasteiger charge is -2.12. The molecule has 0 aliphatic carbocycles. The molecule has 0 saturated carbocycles. The van der Waals surface area contributed by atoms with Crippen LogP contribution in [0.15, 0.2) is 42.9 Å². The van der Waals surface area contributed by atoms with E-state index >= 15 is 0 Å². The van der Waals surface area contributed by atoms with Gasteiger partial charge < -0.3 is 15.2 Å². The molecule has 2 N–H and O–H groups in total. The molecular weight excluding hydrogens is 345 g/mol. The Balaban J connectivity index is 2.00. The second-order valence-corrected chi connectivity index (χ2v) is 5.83. The van der Waals surface area contributed by atoms with Crippen LogP contribution in [0.4, 0.5) is 30.6 Å². The number of fused-ring (bicyclic) bond motifs is 1. The fourth-order valence-electron chi connectivity index (χ4n) is 2.59. The lowest BCUT2D eigenvalue weighted by molar-refractivity contribution is -0.137. The second kappa shape index (κ2) is 6.66. The van der Waals surface area contributed by atoms with Crippen LogP contribution in [0.3, 0.4) is 0 Å². The van der Waals surface area contributed by atoms with Crippen molar-refractivity contribution in [1.82, 2.24) is 19.5 Å². The largest absolute Gasteiger partial charge is 0.421 e. The highest BCUT2D eigenvalue weighted by atomic mass is 19.4. The Hall–Kier alpha value is -3.10.